The third-order valence-electron chi connectivity index (χ3n) is 4.92. The molecule has 134 valence electrons. The van der Waals surface area contributed by atoms with Crippen molar-refractivity contribution in [2.75, 3.05) is 0 Å². The number of aryl methyl sites for hydroxylation is 5. The van der Waals surface area contributed by atoms with Crippen molar-refractivity contribution in [2.24, 2.45) is 7.05 Å². The maximum atomic E-state index is 12.6. The van der Waals surface area contributed by atoms with Crippen LogP contribution in [0.15, 0.2) is 38.4 Å². The van der Waals surface area contributed by atoms with Gasteiger partial charge in [-0.05, 0) is 24.5 Å². The number of benzene rings is 1. The molecule has 7 nitrogen and oxygen atoms in total. The zero-order valence-corrected chi connectivity index (χ0v) is 14.8. The summed E-state index contributed by atoms with van der Waals surface area (Å²) in [5, 5.41) is 11.9. The summed E-state index contributed by atoms with van der Waals surface area (Å²) in [5.74, 6) is 0.970. The minimum atomic E-state index is -1.80. The third-order valence-corrected chi connectivity index (χ3v) is 4.92. The van der Waals surface area contributed by atoms with Crippen molar-refractivity contribution in [2.45, 2.75) is 32.3 Å². The quantitative estimate of drug-likeness (QED) is 0.681. The molecule has 0 saturated carbocycles. The highest BCUT2D eigenvalue weighted by atomic mass is 16.4. The maximum Gasteiger partial charge on any atom is 0.328 e. The smallest absolute Gasteiger partial charge is 0.328 e. The van der Waals surface area contributed by atoms with E-state index in [1.165, 1.54) is 17.8 Å². The van der Waals surface area contributed by atoms with E-state index in [-0.39, 0.29) is 5.56 Å². The molecule has 1 aliphatic carbocycles. The molecule has 0 saturated heterocycles. The Kier molecular flexibility index (Phi) is 3.52. The van der Waals surface area contributed by atoms with E-state index in [9.17, 15) is 14.7 Å². The first kappa shape index (κ1) is 16.5. The lowest BCUT2D eigenvalue weighted by Gasteiger charge is -2.28. The standard InChI is InChI=1S/C19H19N3O4/c1-10-4-5-12-6-7-15-16(20-11(2)26-15)19(25,13(12)8-10)14-9-22(3)18(24)21-17(14)23/h4-5,8-9,25H,6-7H2,1-3H3,(H,21,23,24). The van der Waals surface area contributed by atoms with Gasteiger partial charge in [-0.2, -0.15) is 0 Å². The third kappa shape index (κ3) is 2.28. The fourth-order valence-corrected chi connectivity index (χ4v) is 3.64. The first-order valence-corrected chi connectivity index (χ1v) is 8.40. The van der Waals surface area contributed by atoms with Gasteiger partial charge in [-0.3, -0.25) is 9.78 Å². The molecule has 2 aromatic heterocycles. The van der Waals surface area contributed by atoms with Crippen LogP contribution in [0.3, 0.4) is 0 Å². The number of oxazole rings is 1. The maximum absolute atomic E-state index is 12.6. The predicted molar refractivity (Wildman–Crippen MR) is 94.2 cm³/mol. The Balaban J connectivity index is 2.15. The Morgan fingerprint density at radius 3 is 2.77 bits per heavy atom. The van der Waals surface area contributed by atoms with Crippen LogP contribution in [-0.4, -0.2) is 19.6 Å². The lowest BCUT2D eigenvalue weighted by molar-refractivity contribution is 0.117. The molecule has 1 aliphatic rings. The van der Waals surface area contributed by atoms with Crippen LogP contribution in [0.2, 0.25) is 0 Å². The van der Waals surface area contributed by atoms with Gasteiger partial charge in [0.2, 0.25) is 0 Å². The van der Waals surface area contributed by atoms with E-state index in [1.54, 1.807) is 6.92 Å². The van der Waals surface area contributed by atoms with Crippen LogP contribution in [-0.2, 0) is 25.5 Å². The van der Waals surface area contributed by atoms with Crippen LogP contribution in [0.25, 0.3) is 0 Å². The number of H-pyrrole nitrogens is 1. The van der Waals surface area contributed by atoms with Gasteiger partial charge in [-0.25, -0.2) is 9.78 Å². The van der Waals surface area contributed by atoms with Crippen LogP contribution in [0, 0.1) is 13.8 Å². The number of hydrogen-bond acceptors (Lipinski definition) is 5. The van der Waals surface area contributed by atoms with Gasteiger partial charge in [-0.1, -0.05) is 23.8 Å². The molecule has 26 heavy (non-hydrogen) atoms. The van der Waals surface area contributed by atoms with Crippen LogP contribution in [0.5, 0.6) is 0 Å². The van der Waals surface area contributed by atoms with Crippen molar-refractivity contribution in [3.8, 4) is 0 Å². The predicted octanol–water partition coefficient (Wildman–Crippen LogP) is 1.06. The summed E-state index contributed by atoms with van der Waals surface area (Å²) in [6.45, 7) is 3.63. The van der Waals surface area contributed by atoms with Gasteiger partial charge in [0.25, 0.3) is 5.56 Å². The lowest BCUT2D eigenvalue weighted by Crippen LogP contribution is -2.41. The fourth-order valence-electron chi connectivity index (χ4n) is 3.64. The Labute approximate surface area is 149 Å². The zero-order valence-electron chi connectivity index (χ0n) is 14.8. The van der Waals surface area contributed by atoms with E-state index < -0.39 is 16.9 Å². The van der Waals surface area contributed by atoms with Crippen molar-refractivity contribution >= 4 is 0 Å². The highest BCUT2D eigenvalue weighted by molar-refractivity contribution is 5.51. The summed E-state index contributed by atoms with van der Waals surface area (Å²) in [6, 6.07) is 5.78. The molecule has 1 unspecified atom stereocenters. The molecule has 2 N–H and O–H groups in total. The summed E-state index contributed by atoms with van der Waals surface area (Å²) in [6.07, 6.45) is 2.59. The second-order valence-electron chi connectivity index (χ2n) is 6.79. The molecule has 7 heteroatoms. The molecular formula is C19H19N3O4. The minimum Gasteiger partial charge on any atom is -0.446 e. The average molecular weight is 353 g/mol. The molecule has 0 bridgehead atoms. The Morgan fingerprint density at radius 1 is 1.23 bits per heavy atom. The van der Waals surface area contributed by atoms with Crippen LogP contribution in [0.1, 0.15) is 39.6 Å². The topological polar surface area (TPSA) is 101 Å². The summed E-state index contributed by atoms with van der Waals surface area (Å²) < 4.78 is 6.94. The molecule has 0 aliphatic heterocycles. The molecular weight excluding hydrogens is 334 g/mol. The van der Waals surface area contributed by atoms with Crippen molar-refractivity contribution < 1.29 is 9.52 Å². The first-order valence-electron chi connectivity index (χ1n) is 8.40. The fraction of sp³-hybridized carbons (Fsp3) is 0.316. The van der Waals surface area contributed by atoms with Crippen LogP contribution >= 0.6 is 0 Å². The second kappa shape index (κ2) is 5.54. The number of hydrogen-bond donors (Lipinski definition) is 2. The molecule has 0 spiro atoms. The molecule has 1 aromatic carbocycles. The minimum absolute atomic E-state index is 0.0444. The van der Waals surface area contributed by atoms with E-state index in [2.05, 4.69) is 9.97 Å². The van der Waals surface area contributed by atoms with E-state index in [0.717, 1.165) is 11.1 Å². The summed E-state index contributed by atoms with van der Waals surface area (Å²) >= 11 is 0. The van der Waals surface area contributed by atoms with Crippen molar-refractivity contribution in [3.05, 3.63) is 84.8 Å². The highest BCUT2D eigenvalue weighted by Gasteiger charge is 2.44. The largest absolute Gasteiger partial charge is 0.446 e. The van der Waals surface area contributed by atoms with Gasteiger partial charge in [0.1, 0.15) is 11.5 Å². The molecule has 4 rings (SSSR count). The second-order valence-corrected chi connectivity index (χ2v) is 6.79. The van der Waals surface area contributed by atoms with Crippen molar-refractivity contribution in [1.29, 1.82) is 0 Å². The van der Waals surface area contributed by atoms with Gasteiger partial charge in [0.15, 0.2) is 11.5 Å². The number of aromatic nitrogens is 3. The van der Waals surface area contributed by atoms with Gasteiger partial charge in [0.05, 0.1) is 5.56 Å². The monoisotopic (exact) mass is 353 g/mol. The number of aromatic amines is 1. The Morgan fingerprint density at radius 2 is 2.00 bits per heavy atom. The number of fused-ring (bicyclic) bond motifs is 2. The lowest BCUT2D eigenvalue weighted by atomic mass is 9.82. The average Bonchev–Trinajstić information content (AvgIpc) is 2.93. The van der Waals surface area contributed by atoms with Gasteiger partial charge >= 0.3 is 5.69 Å². The highest BCUT2D eigenvalue weighted by Crippen LogP contribution is 2.41. The number of rotatable bonds is 1. The number of aliphatic hydroxyl groups is 1. The van der Waals surface area contributed by atoms with Crippen molar-refractivity contribution in [3.63, 3.8) is 0 Å². The van der Waals surface area contributed by atoms with E-state index >= 15 is 0 Å². The SMILES string of the molecule is Cc1ccc2c(c1)C(O)(c1cn(C)c(=O)[nH]c1=O)c1nc(C)oc1CC2. The van der Waals surface area contributed by atoms with E-state index in [0.29, 0.717) is 35.7 Å². The van der Waals surface area contributed by atoms with Crippen LogP contribution in [0.4, 0.5) is 0 Å². The van der Waals surface area contributed by atoms with Crippen molar-refractivity contribution in [1.82, 2.24) is 14.5 Å². The van der Waals surface area contributed by atoms with E-state index in [4.69, 9.17) is 4.42 Å². The van der Waals surface area contributed by atoms with Crippen LogP contribution < -0.4 is 11.2 Å². The molecule has 0 radical (unpaired) electrons. The molecule has 2 heterocycles. The molecule has 0 amide bonds. The van der Waals surface area contributed by atoms with E-state index in [1.807, 2.05) is 25.1 Å². The first-order chi connectivity index (χ1) is 12.3. The molecule has 3 aromatic rings. The molecule has 0 fully saturated rings. The zero-order chi connectivity index (χ0) is 18.6. The summed E-state index contributed by atoms with van der Waals surface area (Å²) in [4.78, 5) is 31.1. The number of nitrogens with zero attached hydrogens (tertiary/aromatic N) is 2. The Bertz CT molecular complexity index is 1140. The summed E-state index contributed by atoms with van der Waals surface area (Å²) in [5.41, 5.74) is -0.178. The van der Waals surface area contributed by atoms with Gasteiger partial charge < -0.3 is 14.1 Å². The van der Waals surface area contributed by atoms with Gasteiger partial charge in [-0.15, -0.1) is 0 Å². The number of nitrogens with one attached hydrogen (secondary N) is 1. The van der Waals surface area contributed by atoms with Gasteiger partial charge in [0, 0.05) is 26.6 Å². The summed E-state index contributed by atoms with van der Waals surface area (Å²) in [7, 11) is 1.52. The molecule has 1 atom stereocenters. The normalized spacial score (nSPS) is 18.9. The Hall–Kier alpha value is -2.93.